The topological polar surface area (TPSA) is 53.7 Å². The van der Waals surface area contributed by atoms with Crippen LogP contribution in [0.3, 0.4) is 0 Å². The van der Waals surface area contributed by atoms with Crippen LogP contribution in [-0.2, 0) is 0 Å². The van der Waals surface area contributed by atoms with Crippen LogP contribution >= 0.6 is 0 Å². The van der Waals surface area contributed by atoms with Gasteiger partial charge in [-0.3, -0.25) is 4.79 Å². The van der Waals surface area contributed by atoms with E-state index in [4.69, 9.17) is 0 Å². The summed E-state index contributed by atoms with van der Waals surface area (Å²) in [6.07, 6.45) is 3.57. The minimum Gasteiger partial charge on any atom is -0.506 e. The first-order valence-electron chi connectivity index (χ1n) is 5.15. The summed E-state index contributed by atoms with van der Waals surface area (Å²) < 4.78 is 1.74. The maximum Gasteiger partial charge on any atom is 0.181 e. The Bertz CT molecular complexity index is 531. The third-order valence-corrected chi connectivity index (χ3v) is 2.75. The Kier molecular flexibility index (Phi) is 2.66. The number of nitrogens with zero attached hydrogens (tertiary/aromatic N) is 1. The molecule has 0 bridgehead atoms. The largest absolute Gasteiger partial charge is 0.506 e. The lowest BCUT2D eigenvalue weighted by molar-refractivity contribution is 0.0956. The highest BCUT2D eigenvalue weighted by molar-refractivity contribution is 6.06. The van der Waals surface area contributed by atoms with Crippen molar-refractivity contribution in [1.82, 2.24) is 9.72 Å². The maximum absolute atomic E-state index is 12.0. The fourth-order valence-electron chi connectivity index (χ4n) is 1.71. The van der Waals surface area contributed by atoms with Gasteiger partial charge in [0.1, 0.15) is 5.75 Å². The summed E-state index contributed by atoms with van der Waals surface area (Å²) in [4.78, 5) is 12.0. The molecule has 4 nitrogen and oxygen atoms in total. The Balaban J connectivity index is 2.57. The summed E-state index contributed by atoms with van der Waals surface area (Å²) in [6.45, 7) is 1.80. The second-order valence-electron chi connectivity index (χ2n) is 3.75. The molecule has 0 fully saturated rings. The quantitative estimate of drug-likeness (QED) is 0.766. The number of carbonyl (C=O) groups is 1. The molecule has 0 saturated carbocycles. The summed E-state index contributed by atoms with van der Waals surface area (Å²) in [6, 6.07) is 4.78. The third-order valence-electron chi connectivity index (χ3n) is 2.75. The highest BCUT2D eigenvalue weighted by Crippen LogP contribution is 2.23. The van der Waals surface area contributed by atoms with Crippen molar-refractivity contribution in [3.8, 4) is 5.75 Å². The Morgan fingerprint density at radius 2 is 2.19 bits per heavy atom. The van der Waals surface area contributed by atoms with Crippen molar-refractivity contribution in [3.63, 3.8) is 0 Å². The number of hydrogen-bond donors (Lipinski definition) is 2. The van der Waals surface area contributed by atoms with E-state index < -0.39 is 0 Å². The minimum atomic E-state index is -0.259. The molecule has 0 spiro atoms. The number of rotatable bonds is 3. The summed E-state index contributed by atoms with van der Waals surface area (Å²) in [5.41, 5.74) is 1.11. The molecule has 0 radical (unpaired) electrons. The van der Waals surface area contributed by atoms with Gasteiger partial charge < -0.3 is 14.8 Å². The fourth-order valence-corrected chi connectivity index (χ4v) is 1.71. The standard InChI is InChI=1S/C12H14N2O2/c1-8(13-2)12(16)9-5-7-14-6-3-4-10(15)11(9)14/h3-8,13,15H,1-2H3. The molecule has 1 unspecified atom stereocenters. The Labute approximate surface area is 93.5 Å². The van der Waals surface area contributed by atoms with Crippen molar-refractivity contribution in [2.24, 2.45) is 0 Å². The first-order chi connectivity index (χ1) is 7.65. The van der Waals surface area contributed by atoms with Crippen LogP contribution in [0.2, 0.25) is 0 Å². The minimum absolute atomic E-state index is 0.0218. The van der Waals surface area contributed by atoms with Gasteiger partial charge >= 0.3 is 0 Å². The normalized spacial score (nSPS) is 12.9. The lowest BCUT2D eigenvalue weighted by Crippen LogP contribution is -2.30. The monoisotopic (exact) mass is 218 g/mol. The zero-order valence-corrected chi connectivity index (χ0v) is 9.27. The van der Waals surface area contributed by atoms with Crippen molar-refractivity contribution < 1.29 is 9.90 Å². The van der Waals surface area contributed by atoms with E-state index in [0.29, 0.717) is 11.1 Å². The second-order valence-corrected chi connectivity index (χ2v) is 3.75. The van der Waals surface area contributed by atoms with Gasteiger partial charge in [0.2, 0.25) is 0 Å². The van der Waals surface area contributed by atoms with Gasteiger partial charge in [-0.25, -0.2) is 0 Å². The van der Waals surface area contributed by atoms with E-state index in [-0.39, 0.29) is 17.6 Å². The highest BCUT2D eigenvalue weighted by Gasteiger charge is 2.18. The maximum atomic E-state index is 12.0. The molecule has 4 heteroatoms. The molecule has 1 atom stereocenters. The van der Waals surface area contributed by atoms with E-state index in [2.05, 4.69) is 5.32 Å². The molecular formula is C12H14N2O2. The van der Waals surface area contributed by atoms with Gasteiger partial charge in [0.15, 0.2) is 5.78 Å². The van der Waals surface area contributed by atoms with Crippen LogP contribution in [0.15, 0.2) is 30.6 Å². The number of hydrogen-bond acceptors (Lipinski definition) is 3. The molecule has 0 aliphatic heterocycles. The number of carbonyl (C=O) groups excluding carboxylic acids is 1. The van der Waals surface area contributed by atoms with Crippen molar-refractivity contribution in [2.45, 2.75) is 13.0 Å². The number of aromatic nitrogens is 1. The SMILES string of the molecule is CNC(C)C(=O)c1ccn2cccc(O)c12. The molecule has 16 heavy (non-hydrogen) atoms. The van der Waals surface area contributed by atoms with Crippen LogP contribution < -0.4 is 5.32 Å². The van der Waals surface area contributed by atoms with Gasteiger partial charge in [-0.1, -0.05) is 0 Å². The van der Waals surface area contributed by atoms with Crippen molar-refractivity contribution in [3.05, 3.63) is 36.2 Å². The Morgan fingerprint density at radius 1 is 1.44 bits per heavy atom. The van der Waals surface area contributed by atoms with E-state index in [9.17, 15) is 9.90 Å². The first kappa shape index (κ1) is 10.7. The van der Waals surface area contributed by atoms with Crippen molar-refractivity contribution in [2.75, 3.05) is 7.05 Å². The average molecular weight is 218 g/mol. The summed E-state index contributed by atoms with van der Waals surface area (Å²) in [5.74, 6) is 0.102. The first-order valence-corrected chi connectivity index (χ1v) is 5.15. The number of ketones is 1. The highest BCUT2D eigenvalue weighted by atomic mass is 16.3. The van der Waals surface area contributed by atoms with Gasteiger partial charge in [0.25, 0.3) is 0 Å². The van der Waals surface area contributed by atoms with E-state index in [1.807, 2.05) is 0 Å². The van der Waals surface area contributed by atoms with Gasteiger partial charge in [-0.05, 0) is 32.2 Å². The molecule has 2 aromatic heterocycles. The third kappa shape index (κ3) is 1.57. The molecule has 2 rings (SSSR count). The van der Waals surface area contributed by atoms with Crippen LogP contribution in [-0.4, -0.2) is 28.4 Å². The van der Waals surface area contributed by atoms with Crippen LogP contribution in [0.5, 0.6) is 5.75 Å². The lowest BCUT2D eigenvalue weighted by Gasteiger charge is -2.08. The molecular weight excluding hydrogens is 204 g/mol. The number of fused-ring (bicyclic) bond motifs is 1. The molecule has 0 amide bonds. The van der Waals surface area contributed by atoms with Gasteiger partial charge in [-0.15, -0.1) is 0 Å². The number of Topliss-reactive ketones (excluding diaryl/α,β-unsaturated/α-hetero) is 1. The molecule has 0 aliphatic carbocycles. The predicted molar refractivity (Wildman–Crippen MR) is 61.9 cm³/mol. The summed E-state index contributed by atoms with van der Waals surface area (Å²) in [7, 11) is 1.74. The van der Waals surface area contributed by atoms with Crippen molar-refractivity contribution in [1.29, 1.82) is 0 Å². The van der Waals surface area contributed by atoms with Crippen LogP contribution in [0, 0.1) is 0 Å². The molecule has 2 aromatic rings. The van der Waals surface area contributed by atoms with Crippen molar-refractivity contribution >= 4 is 11.3 Å². The molecule has 0 aromatic carbocycles. The number of nitrogens with one attached hydrogen (secondary N) is 1. The molecule has 2 heterocycles. The van der Waals surface area contributed by atoms with Crippen LogP contribution in [0.4, 0.5) is 0 Å². The van der Waals surface area contributed by atoms with E-state index in [1.54, 1.807) is 49.0 Å². The Hall–Kier alpha value is -1.81. The van der Waals surface area contributed by atoms with Gasteiger partial charge in [0.05, 0.1) is 11.6 Å². The van der Waals surface area contributed by atoms with Crippen LogP contribution in [0.1, 0.15) is 17.3 Å². The van der Waals surface area contributed by atoms with Crippen LogP contribution in [0.25, 0.3) is 5.52 Å². The second kappa shape index (κ2) is 3.98. The smallest absolute Gasteiger partial charge is 0.181 e. The van der Waals surface area contributed by atoms with Gasteiger partial charge in [-0.2, -0.15) is 0 Å². The number of pyridine rings is 1. The summed E-state index contributed by atoms with van der Waals surface area (Å²) >= 11 is 0. The van der Waals surface area contributed by atoms with E-state index in [1.165, 1.54) is 0 Å². The lowest BCUT2D eigenvalue weighted by atomic mass is 10.1. The number of aromatic hydroxyl groups is 1. The number of likely N-dealkylation sites (N-methyl/N-ethyl adjacent to an activating group) is 1. The van der Waals surface area contributed by atoms with E-state index in [0.717, 1.165) is 0 Å². The zero-order valence-electron chi connectivity index (χ0n) is 9.27. The van der Waals surface area contributed by atoms with Gasteiger partial charge in [0, 0.05) is 18.0 Å². The summed E-state index contributed by atoms with van der Waals surface area (Å²) in [5, 5.41) is 12.6. The average Bonchev–Trinajstić information content (AvgIpc) is 2.72. The molecule has 0 saturated heterocycles. The fraction of sp³-hybridized carbons (Fsp3) is 0.250. The predicted octanol–water partition coefficient (Wildman–Crippen LogP) is 1.44. The molecule has 2 N–H and O–H groups in total. The Morgan fingerprint density at radius 3 is 2.88 bits per heavy atom. The molecule has 84 valence electrons. The zero-order chi connectivity index (χ0) is 11.7. The molecule has 0 aliphatic rings. The van der Waals surface area contributed by atoms with E-state index >= 15 is 0 Å².